The summed E-state index contributed by atoms with van der Waals surface area (Å²) in [7, 11) is 0. The summed E-state index contributed by atoms with van der Waals surface area (Å²) in [6.45, 7) is 0.304. The van der Waals surface area contributed by atoms with E-state index in [1.807, 2.05) is 42.5 Å². The minimum Gasteiger partial charge on any atom is -0.454 e. The van der Waals surface area contributed by atoms with Crippen LogP contribution in [0.4, 0.5) is 5.13 Å². The van der Waals surface area contributed by atoms with Gasteiger partial charge in [0.05, 0.1) is 17.5 Å². The van der Waals surface area contributed by atoms with Gasteiger partial charge in [-0.2, -0.15) is 0 Å². The van der Waals surface area contributed by atoms with Crippen molar-refractivity contribution in [2.45, 2.75) is 16.6 Å². The Hall–Kier alpha value is -5.01. The van der Waals surface area contributed by atoms with Crippen LogP contribution >= 0.6 is 23.1 Å². The number of hydrogen-bond acceptors (Lipinski definition) is 10. The minimum absolute atomic E-state index is 0.00622. The number of aromatic nitrogens is 5. The average molecular weight is 596 g/mol. The number of rotatable bonds is 7. The zero-order valence-corrected chi connectivity index (χ0v) is 23.4. The van der Waals surface area contributed by atoms with E-state index in [-0.39, 0.29) is 35.3 Å². The normalized spacial score (nSPS) is 12.2. The molecule has 0 fully saturated rings. The number of nitrogens with one attached hydrogen (secondary N) is 2. The molecule has 0 saturated heterocycles. The third kappa shape index (κ3) is 4.88. The van der Waals surface area contributed by atoms with Gasteiger partial charge in [0.1, 0.15) is 16.8 Å². The first kappa shape index (κ1) is 25.9. The van der Waals surface area contributed by atoms with Gasteiger partial charge in [0.2, 0.25) is 11.9 Å². The summed E-state index contributed by atoms with van der Waals surface area (Å²) in [5.74, 6) is 1.37. The summed E-state index contributed by atoms with van der Waals surface area (Å²) in [6.07, 6.45) is 1.62. The molecule has 0 aliphatic carbocycles. The van der Waals surface area contributed by atoms with Crippen molar-refractivity contribution in [3.8, 4) is 11.5 Å². The molecule has 0 unspecified atom stereocenters. The molecule has 4 aromatic heterocycles. The Morgan fingerprint density at radius 2 is 1.83 bits per heavy atom. The molecule has 0 radical (unpaired) electrons. The van der Waals surface area contributed by atoms with Crippen LogP contribution in [0.3, 0.4) is 0 Å². The molecule has 2 aromatic carbocycles. The Morgan fingerprint density at radius 1 is 1.00 bits per heavy atom. The molecular weight excluding hydrogens is 574 g/mol. The monoisotopic (exact) mass is 595 g/mol. The van der Waals surface area contributed by atoms with E-state index in [0.29, 0.717) is 32.3 Å². The van der Waals surface area contributed by atoms with Crippen LogP contribution in [0.2, 0.25) is 0 Å². The Morgan fingerprint density at radius 3 is 2.71 bits per heavy atom. The van der Waals surface area contributed by atoms with Crippen molar-refractivity contribution >= 4 is 50.8 Å². The van der Waals surface area contributed by atoms with E-state index in [4.69, 9.17) is 19.9 Å². The Kier molecular flexibility index (Phi) is 6.64. The maximum atomic E-state index is 13.5. The van der Waals surface area contributed by atoms with E-state index in [0.717, 1.165) is 16.9 Å². The number of anilines is 1. The molecule has 208 valence electrons. The summed E-state index contributed by atoms with van der Waals surface area (Å²) < 4.78 is 14.6. The molecule has 0 bridgehead atoms. The maximum Gasteiger partial charge on any atom is 0.267 e. The van der Waals surface area contributed by atoms with Crippen molar-refractivity contribution in [2.75, 3.05) is 12.1 Å². The molecular formula is C29H21N7O4S2. The maximum absolute atomic E-state index is 13.5. The Labute approximate surface area is 245 Å². The van der Waals surface area contributed by atoms with Gasteiger partial charge in [0, 0.05) is 11.9 Å². The van der Waals surface area contributed by atoms with Crippen molar-refractivity contribution in [1.29, 1.82) is 5.41 Å². The first-order valence-corrected chi connectivity index (χ1v) is 14.6. The number of thioether (sulfide) groups is 1. The SMILES string of the molecule is N=c1c(C(=O)Nc2nnc(SCc3ccccc3)s2)cc2c(=O)n3ccccc3nc2n1Cc1ccc2c(c1)OCO2. The molecule has 0 atom stereocenters. The summed E-state index contributed by atoms with van der Waals surface area (Å²) in [4.78, 5) is 31.8. The predicted octanol–water partition coefficient (Wildman–Crippen LogP) is 4.30. The quantitative estimate of drug-likeness (QED) is 0.158. The van der Waals surface area contributed by atoms with Gasteiger partial charge < -0.3 is 14.0 Å². The number of hydrogen-bond donors (Lipinski definition) is 2. The van der Waals surface area contributed by atoms with Crippen molar-refractivity contribution in [2.24, 2.45) is 0 Å². The molecule has 1 aliphatic rings. The highest BCUT2D eigenvalue weighted by Crippen LogP contribution is 2.33. The van der Waals surface area contributed by atoms with E-state index in [1.165, 1.54) is 33.6 Å². The molecule has 7 rings (SSSR count). The number of pyridine rings is 2. The van der Waals surface area contributed by atoms with E-state index in [9.17, 15) is 9.59 Å². The number of fused-ring (bicyclic) bond motifs is 3. The Bertz CT molecular complexity index is 2110. The van der Waals surface area contributed by atoms with E-state index in [2.05, 4.69) is 15.5 Å². The second-order valence-corrected chi connectivity index (χ2v) is 11.6. The highest BCUT2D eigenvalue weighted by Gasteiger charge is 2.20. The van der Waals surface area contributed by atoms with Crippen LogP contribution < -0.4 is 25.8 Å². The first-order chi connectivity index (χ1) is 20.5. The number of benzene rings is 2. The zero-order valence-electron chi connectivity index (χ0n) is 21.8. The van der Waals surface area contributed by atoms with Crippen molar-refractivity contribution in [3.63, 3.8) is 0 Å². The largest absolute Gasteiger partial charge is 0.454 e. The van der Waals surface area contributed by atoms with Gasteiger partial charge in [-0.1, -0.05) is 65.6 Å². The molecule has 1 amide bonds. The summed E-state index contributed by atoms with van der Waals surface area (Å²) in [5, 5.41) is 20.6. The fourth-order valence-corrected chi connectivity index (χ4v) is 6.34. The van der Waals surface area contributed by atoms with Gasteiger partial charge in [-0.05, 0) is 41.5 Å². The van der Waals surface area contributed by atoms with E-state index < -0.39 is 5.91 Å². The predicted molar refractivity (Wildman–Crippen MR) is 158 cm³/mol. The smallest absolute Gasteiger partial charge is 0.267 e. The molecule has 1 aliphatic heterocycles. The zero-order chi connectivity index (χ0) is 28.6. The van der Waals surface area contributed by atoms with Crippen molar-refractivity contribution in [3.05, 3.63) is 112 Å². The van der Waals surface area contributed by atoms with Gasteiger partial charge in [-0.3, -0.25) is 24.7 Å². The number of nitrogens with zero attached hydrogens (tertiary/aromatic N) is 5. The number of carbonyl (C=O) groups excluding carboxylic acids is 1. The van der Waals surface area contributed by atoms with Crippen LogP contribution in [0.1, 0.15) is 21.5 Å². The molecule has 5 heterocycles. The molecule has 13 heteroatoms. The van der Waals surface area contributed by atoms with Crippen LogP contribution in [-0.2, 0) is 12.3 Å². The summed E-state index contributed by atoms with van der Waals surface area (Å²) >= 11 is 2.76. The van der Waals surface area contributed by atoms with Gasteiger partial charge in [0.25, 0.3) is 11.5 Å². The lowest BCUT2D eigenvalue weighted by Gasteiger charge is -2.15. The van der Waals surface area contributed by atoms with E-state index in [1.54, 1.807) is 35.0 Å². The van der Waals surface area contributed by atoms with Crippen molar-refractivity contribution < 1.29 is 14.3 Å². The lowest BCUT2D eigenvalue weighted by molar-refractivity contribution is 0.102. The van der Waals surface area contributed by atoms with Crippen LogP contribution in [-0.4, -0.2) is 36.8 Å². The molecule has 11 nitrogen and oxygen atoms in total. The van der Waals surface area contributed by atoms with Crippen molar-refractivity contribution in [1.82, 2.24) is 24.1 Å². The first-order valence-electron chi connectivity index (χ1n) is 12.8. The third-order valence-electron chi connectivity index (χ3n) is 6.67. The summed E-state index contributed by atoms with van der Waals surface area (Å²) in [5.41, 5.74) is 2.22. The second kappa shape index (κ2) is 10.8. The highest BCUT2D eigenvalue weighted by molar-refractivity contribution is 8.00. The van der Waals surface area contributed by atoms with E-state index >= 15 is 0 Å². The lowest BCUT2D eigenvalue weighted by Crippen LogP contribution is -2.32. The van der Waals surface area contributed by atoms with Crippen LogP contribution in [0, 0.1) is 5.41 Å². The second-order valence-electron chi connectivity index (χ2n) is 9.36. The highest BCUT2D eigenvalue weighted by atomic mass is 32.2. The molecule has 42 heavy (non-hydrogen) atoms. The Balaban J connectivity index is 1.25. The lowest BCUT2D eigenvalue weighted by atomic mass is 10.1. The fourth-order valence-electron chi connectivity index (χ4n) is 4.64. The number of carbonyl (C=O) groups is 1. The molecule has 0 spiro atoms. The number of ether oxygens (including phenoxy) is 2. The average Bonchev–Trinajstić information content (AvgIpc) is 3.67. The van der Waals surface area contributed by atoms with Gasteiger partial charge in [-0.15, -0.1) is 10.2 Å². The van der Waals surface area contributed by atoms with Crippen LogP contribution in [0.15, 0.2) is 88.1 Å². The van der Waals surface area contributed by atoms with Crippen LogP contribution in [0.25, 0.3) is 16.7 Å². The molecule has 0 saturated carbocycles. The van der Waals surface area contributed by atoms with Gasteiger partial charge in [-0.25, -0.2) is 4.98 Å². The van der Waals surface area contributed by atoms with Crippen LogP contribution in [0.5, 0.6) is 11.5 Å². The van der Waals surface area contributed by atoms with Gasteiger partial charge >= 0.3 is 0 Å². The van der Waals surface area contributed by atoms with Gasteiger partial charge in [0.15, 0.2) is 15.8 Å². The summed E-state index contributed by atoms with van der Waals surface area (Å²) in [6, 6.07) is 22.1. The third-order valence-corrected chi connectivity index (χ3v) is 8.72. The molecule has 2 N–H and O–H groups in total. The fraction of sp³-hybridized carbons (Fsp3) is 0.103. The standard InChI is InChI=1S/C29H21N7O4S2/c30-24-19(26(37)32-28-33-34-29(42-28)41-15-17-6-2-1-3-7-17)13-20-25(31-23-8-4-5-11-35(23)27(20)38)36(24)14-18-9-10-21-22(12-18)40-16-39-21/h1-13,30H,14-16H2,(H,32,33,37). The number of amides is 1. The minimum atomic E-state index is -0.574. The topological polar surface area (TPSA) is 136 Å². The molecule has 6 aromatic rings.